The first-order valence-corrected chi connectivity index (χ1v) is 6.95. The van der Waals surface area contributed by atoms with E-state index in [2.05, 4.69) is 39.0 Å². The molecule has 0 saturated carbocycles. The zero-order valence-corrected chi connectivity index (χ0v) is 11.4. The van der Waals surface area contributed by atoms with Gasteiger partial charge in [0.25, 0.3) is 0 Å². The number of hydrogen-bond donors (Lipinski definition) is 1. The first kappa shape index (κ1) is 12.8. The van der Waals surface area contributed by atoms with Crippen LogP contribution >= 0.6 is 11.3 Å². The number of hydrogen-bond acceptors (Lipinski definition) is 5. The summed E-state index contributed by atoms with van der Waals surface area (Å²) in [5.41, 5.74) is 1.33. The quantitative estimate of drug-likeness (QED) is 0.870. The van der Waals surface area contributed by atoms with Crippen LogP contribution in [0.25, 0.3) is 0 Å². The van der Waals surface area contributed by atoms with E-state index in [0.29, 0.717) is 18.4 Å². The molecule has 1 unspecified atom stereocenters. The monoisotopic (exact) mass is 263 g/mol. The Hall–Kier alpha value is -1.62. The van der Waals surface area contributed by atoms with Crippen LogP contribution in [0.5, 0.6) is 5.88 Å². The molecule has 0 radical (unpaired) electrons. The largest absolute Gasteiger partial charge is 0.478 e. The summed E-state index contributed by atoms with van der Waals surface area (Å²) < 4.78 is 5.34. The van der Waals surface area contributed by atoms with Crippen LogP contribution in [0.1, 0.15) is 19.4 Å². The van der Waals surface area contributed by atoms with Crippen molar-refractivity contribution in [3.8, 4) is 5.88 Å². The van der Waals surface area contributed by atoms with E-state index in [9.17, 15) is 0 Å². The van der Waals surface area contributed by atoms with Crippen LogP contribution in [-0.4, -0.2) is 22.6 Å². The molecule has 0 aliphatic heterocycles. The van der Waals surface area contributed by atoms with Gasteiger partial charge in [-0.15, -0.1) is 0 Å². The van der Waals surface area contributed by atoms with Gasteiger partial charge >= 0.3 is 0 Å². The van der Waals surface area contributed by atoms with Crippen molar-refractivity contribution >= 4 is 17.3 Å². The van der Waals surface area contributed by atoms with Crippen molar-refractivity contribution in [2.24, 2.45) is 0 Å². The average Bonchev–Trinajstić information content (AvgIpc) is 2.82. The Morgan fingerprint density at radius 2 is 2.33 bits per heavy atom. The van der Waals surface area contributed by atoms with E-state index < -0.39 is 0 Å². The summed E-state index contributed by atoms with van der Waals surface area (Å²) in [6.07, 6.45) is 2.67. The van der Waals surface area contributed by atoms with Gasteiger partial charge in [0.1, 0.15) is 0 Å². The van der Waals surface area contributed by atoms with Crippen molar-refractivity contribution in [3.63, 3.8) is 0 Å². The molecule has 1 atom stereocenters. The molecule has 0 fully saturated rings. The Kier molecular flexibility index (Phi) is 4.52. The van der Waals surface area contributed by atoms with Crippen LogP contribution in [-0.2, 0) is 6.42 Å². The normalized spacial score (nSPS) is 12.1. The fraction of sp³-hybridized carbons (Fsp3) is 0.385. The predicted octanol–water partition coefficient (Wildman–Crippen LogP) is 2.98. The number of nitrogens with zero attached hydrogens (tertiary/aromatic N) is 2. The summed E-state index contributed by atoms with van der Waals surface area (Å²) in [7, 11) is 0. The average molecular weight is 263 g/mol. The smallest absolute Gasteiger partial charge is 0.226 e. The Labute approximate surface area is 111 Å². The van der Waals surface area contributed by atoms with Gasteiger partial charge in [-0.2, -0.15) is 16.3 Å². The van der Waals surface area contributed by atoms with E-state index in [1.54, 1.807) is 23.6 Å². The van der Waals surface area contributed by atoms with Gasteiger partial charge in [0.05, 0.1) is 6.61 Å². The Morgan fingerprint density at radius 1 is 1.44 bits per heavy atom. The minimum atomic E-state index is 0.288. The van der Waals surface area contributed by atoms with Gasteiger partial charge in [0, 0.05) is 18.3 Å². The van der Waals surface area contributed by atoms with Gasteiger partial charge in [0.15, 0.2) is 0 Å². The van der Waals surface area contributed by atoms with Gasteiger partial charge in [0.2, 0.25) is 11.8 Å². The molecule has 2 aromatic heterocycles. The number of anilines is 1. The van der Waals surface area contributed by atoms with Gasteiger partial charge in [-0.3, -0.25) is 0 Å². The predicted molar refractivity (Wildman–Crippen MR) is 74.3 cm³/mol. The third kappa shape index (κ3) is 3.70. The van der Waals surface area contributed by atoms with Crippen LogP contribution < -0.4 is 10.1 Å². The van der Waals surface area contributed by atoms with Gasteiger partial charge in [-0.05, 0) is 42.7 Å². The van der Waals surface area contributed by atoms with E-state index >= 15 is 0 Å². The number of rotatable bonds is 6. The first-order valence-electron chi connectivity index (χ1n) is 6.01. The number of aromatic nitrogens is 2. The zero-order valence-electron chi connectivity index (χ0n) is 10.6. The van der Waals surface area contributed by atoms with E-state index in [0.717, 1.165) is 6.42 Å². The number of nitrogens with one attached hydrogen (secondary N) is 1. The van der Waals surface area contributed by atoms with E-state index in [1.165, 1.54) is 5.56 Å². The molecule has 0 aliphatic rings. The molecule has 5 heteroatoms. The fourth-order valence-corrected chi connectivity index (χ4v) is 2.36. The maximum Gasteiger partial charge on any atom is 0.226 e. The van der Waals surface area contributed by atoms with Crippen molar-refractivity contribution in [3.05, 3.63) is 34.7 Å². The van der Waals surface area contributed by atoms with Crippen molar-refractivity contribution in [1.29, 1.82) is 0 Å². The number of ether oxygens (including phenoxy) is 1. The SMILES string of the molecule is CCOc1ccnc(NC(C)Cc2ccsc2)n1. The second kappa shape index (κ2) is 6.35. The lowest BCUT2D eigenvalue weighted by Crippen LogP contribution is -2.19. The van der Waals surface area contributed by atoms with Crippen LogP contribution in [0, 0.1) is 0 Å². The molecule has 2 heterocycles. The lowest BCUT2D eigenvalue weighted by Gasteiger charge is -2.13. The molecular formula is C13H17N3OS. The molecule has 1 N–H and O–H groups in total. The Balaban J connectivity index is 1.93. The highest BCUT2D eigenvalue weighted by Crippen LogP contribution is 2.12. The maximum atomic E-state index is 5.34. The molecule has 0 amide bonds. The Bertz CT molecular complexity index is 473. The minimum Gasteiger partial charge on any atom is -0.478 e. The maximum absolute atomic E-state index is 5.34. The summed E-state index contributed by atoms with van der Waals surface area (Å²) >= 11 is 1.72. The molecule has 96 valence electrons. The minimum absolute atomic E-state index is 0.288. The molecule has 18 heavy (non-hydrogen) atoms. The zero-order chi connectivity index (χ0) is 12.8. The lowest BCUT2D eigenvalue weighted by molar-refractivity contribution is 0.326. The highest BCUT2D eigenvalue weighted by Gasteiger charge is 2.06. The topological polar surface area (TPSA) is 47.0 Å². The van der Waals surface area contributed by atoms with E-state index in [-0.39, 0.29) is 6.04 Å². The van der Waals surface area contributed by atoms with Crippen molar-refractivity contribution in [2.75, 3.05) is 11.9 Å². The van der Waals surface area contributed by atoms with Gasteiger partial charge < -0.3 is 10.1 Å². The standard InChI is InChI=1S/C13H17N3OS/c1-3-17-12-4-6-14-13(16-12)15-10(2)8-11-5-7-18-9-11/h4-7,9-10H,3,8H2,1-2H3,(H,14,15,16). The number of thiophene rings is 1. The van der Waals surface area contributed by atoms with E-state index in [4.69, 9.17) is 4.74 Å². The Morgan fingerprint density at radius 3 is 3.06 bits per heavy atom. The van der Waals surface area contributed by atoms with Crippen molar-refractivity contribution in [2.45, 2.75) is 26.3 Å². The third-order valence-electron chi connectivity index (χ3n) is 2.42. The molecule has 0 saturated heterocycles. The second-order valence-electron chi connectivity index (χ2n) is 4.03. The summed E-state index contributed by atoms with van der Waals surface area (Å²) in [4.78, 5) is 8.48. The molecule has 2 aromatic rings. The van der Waals surface area contributed by atoms with Crippen molar-refractivity contribution < 1.29 is 4.74 Å². The van der Waals surface area contributed by atoms with Gasteiger partial charge in [-0.25, -0.2) is 4.98 Å². The second-order valence-corrected chi connectivity index (χ2v) is 4.81. The van der Waals surface area contributed by atoms with Crippen LogP contribution in [0.4, 0.5) is 5.95 Å². The lowest BCUT2D eigenvalue weighted by atomic mass is 10.1. The molecule has 4 nitrogen and oxygen atoms in total. The summed E-state index contributed by atoms with van der Waals surface area (Å²) in [5.74, 6) is 1.22. The van der Waals surface area contributed by atoms with Crippen LogP contribution in [0.3, 0.4) is 0 Å². The molecular weight excluding hydrogens is 246 g/mol. The summed E-state index contributed by atoms with van der Waals surface area (Å²) in [6, 6.07) is 4.19. The van der Waals surface area contributed by atoms with Gasteiger partial charge in [-0.1, -0.05) is 0 Å². The van der Waals surface area contributed by atoms with Crippen molar-refractivity contribution in [1.82, 2.24) is 9.97 Å². The van der Waals surface area contributed by atoms with Crippen LogP contribution in [0.15, 0.2) is 29.1 Å². The summed E-state index contributed by atoms with van der Waals surface area (Å²) in [5, 5.41) is 7.54. The van der Waals surface area contributed by atoms with Crippen LogP contribution in [0.2, 0.25) is 0 Å². The molecule has 0 bridgehead atoms. The highest BCUT2D eigenvalue weighted by atomic mass is 32.1. The molecule has 0 spiro atoms. The molecule has 2 rings (SSSR count). The van der Waals surface area contributed by atoms with E-state index in [1.807, 2.05) is 6.92 Å². The molecule has 0 aliphatic carbocycles. The third-order valence-corrected chi connectivity index (χ3v) is 3.15. The molecule has 0 aromatic carbocycles. The highest BCUT2D eigenvalue weighted by molar-refractivity contribution is 7.07. The first-order chi connectivity index (χ1) is 8.78. The fourth-order valence-electron chi connectivity index (χ4n) is 1.67. The summed E-state index contributed by atoms with van der Waals surface area (Å²) in [6.45, 7) is 4.67.